The molecule has 0 aliphatic rings. The average Bonchev–Trinajstić information content (AvgIpc) is 2.77. The monoisotopic (exact) mass is 526 g/mol. The summed E-state index contributed by atoms with van der Waals surface area (Å²) < 4.78 is 70.2. The Labute approximate surface area is 206 Å². The lowest BCUT2D eigenvalue weighted by molar-refractivity contribution is -0.137. The molecule has 0 saturated heterocycles. The largest absolute Gasteiger partial charge is 0.416 e. The molecule has 3 aromatic carbocycles. The second kappa shape index (κ2) is 10.7. The molecule has 0 heterocycles. The first kappa shape index (κ1) is 26.5. The maximum atomic E-state index is 13.2. The fraction of sp³-hybridized carbons (Fsp3) is 0.208. The number of carbonyl (C=O) groups is 1. The standard InChI is InChI=1S/C24H22ClF3N2O4S/c1-34-15-17-4-3-5-20(12-17)29-23(31)18-8-6-16(7-9-18)14-30(35(2,32)33)22-13-19(24(26,27)28)10-11-21(22)25/h3-13H,14-15H2,1-2H3,(H,29,31). The van der Waals surface area contributed by atoms with Crippen molar-refractivity contribution in [1.29, 1.82) is 0 Å². The van der Waals surface area contributed by atoms with E-state index in [1.165, 1.54) is 24.3 Å². The van der Waals surface area contributed by atoms with Gasteiger partial charge in [-0.3, -0.25) is 9.10 Å². The van der Waals surface area contributed by atoms with E-state index in [9.17, 15) is 26.4 Å². The Kier molecular flexibility index (Phi) is 8.09. The number of anilines is 2. The van der Waals surface area contributed by atoms with E-state index in [0.29, 0.717) is 29.5 Å². The maximum Gasteiger partial charge on any atom is 0.416 e. The fourth-order valence-electron chi connectivity index (χ4n) is 3.30. The van der Waals surface area contributed by atoms with Crippen LogP contribution in [0.1, 0.15) is 27.0 Å². The summed E-state index contributed by atoms with van der Waals surface area (Å²) in [4.78, 5) is 12.6. The van der Waals surface area contributed by atoms with Gasteiger partial charge in [-0.1, -0.05) is 35.9 Å². The third kappa shape index (κ3) is 6.97. The van der Waals surface area contributed by atoms with Gasteiger partial charge >= 0.3 is 6.18 Å². The minimum atomic E-state index is -4.67. The molecule has 0 atom stereocenters. The second-order valence-electron chi connectivity index (χ2n) is 7.72. The SMILES string of the molecule is COCc1cccc(NC(=O)c2ccc(CN(c3cc(C(F)(F)F)ccc3Cl)S(C)(=O)=O)cc2)c1. The lowest BCUT2D eigenvalue weighted by Crippen LogP contribution is -2.30. The van der Waals surface area contributed by atoms with E-state index < -0.39 is 21.8 Å². The number of rotatable bonds is 8. The zero-order chi connectivity index (χ0) is 25.8. The summed E-state index contributed by atoms with van der Waals surface area (Å²) in [5, 5.41) is 2.63. The summed E-state index contributed by atoms with van der Waals surface area (Å²) >= 11 is 6.05. The Balaban J connectivity index is 1.82. The quantitative estimate of drug-likeness (QED) is 0.407. The van der Waals surface area contributed by atoms with Gasteiger partial charge in [-0.05, 0) is 53.6 Å². The fourth-order valence-corrected chi connectivity index (χ4v) is 4.46. The number of sulfonamides is 1. The molecule has 0 bridgehead atoms. The topological polar surface area (TPSA) is 75.7 Å². The van der Waals surface area contributed by atoms with Crippen molar-refractivity contribution in [2.24, 2.45) is 0 Å². The minimum absolute atomic E-state index is 0.143. The molecule has 11 heteroatoms. The van der Waals surface area contributed by atoms with Crippen molar-refractivity contribution >= 4 is 38.9 Å². The number of methoxy groups -OCH3 is 1. The first-order valence-corrected chi connectivity index (χ1v) is 12.4. The molecule has 0 saturated carbocycles. The van der Waals surface area contributed by atoms with Gasteiger partial charge < -0.3 is 10.1 Å². The van der Waals surface area contributed by atoms with Crippen LogP contribution in [0.2, 0.25) is 5.02 Å². The molecule has 1 N–H and O–H groups in total. The Morgan fingerprint density at radius 1 is 1.03 bits per heavy atom. The van der Waals surface area contributed by atoms with Crippen LogP contribution in [0.15, 0.2) is 66.7 Å². The third-order valence-corrected chi connectivity index (χ3v) is 6.43. The van der Waals surface area contributed by atoms with Crippen LogP contribution in [0.25, 0.3) is 0 Å². The Hall–Kier alpha value is -3.08. The molecule has 0 aliphatic heterocycles. The molecule has 0 spiro atoms. The van der Waals surface area contributed by atoms with Crippen LogP contribution in [0, 0.1) is 0 Å². The van der Waals surface area contributed by atoms with Crippen LogP contribution < -0.4 is 9.62 Å². The molecule has 186 valence electrons. The number of hydrogen-bond donors (Lipinski definition) is 1. The van der Waals surface area contributed by atoms with Gasteiger partial charge in [-0.15, -0.1) is 0 Å². The molecule has 0 fully saturated rings. The van der Waals surface area contributed by atoms with E-state index in [1.807, 2.05) is 6.07 Å². The van der Waals surface area contributed by atoms with E-state index in [2.05, 4.69) is 5.32 Å². The Morgan fingerprint density at radius 2 is 1.71 bits per heavy atom. The number of halogens is 4. The molecule has 3 rings (SSSR count). The lowest BCUT2D eigenvalue weighted by atomic mass is 10.1. The summed E-state index contributed by atoms with van der Waals surface area (Å²) in [5.74, 6) is -0.382. The number of nitrogens with zero attached hydrogens (tertiary/aromatic N) is 1. The number of alkyl halides is 3. The van der Waals surface area contributed by atoms with E-state index in [-0.39, 0.29) is 23.2 Å². The molecule has 0 aromatic heterocycles. The van der Waals surface area contributed by atoms with Gasteiger partial charge in [-0.2, -0.15) is 13.2 Å². The van der Waals surface area contributed by atoms with Crippen LogP contribution in [0.5, 0.6) is 0 Å². The van der Waals surface area contributed by atoms with E-state index in [0.717, 1.165) is 28.3 Å². The summed E-state index contributed by atoms with van der Waals surface area (Å²) in [7, 11) is -2.42. The number of carbonyl (C=O) groups excluding carboxylic acids is 1. The number of benzene rings is 3. The molecular weight excluding hydrogens is 505 g/mol. The number of nitrogens with one attached hydrogen (secondary N) is 1. The van der Waals surface area contributed by atoms with Crippen LogP contribution in [0.3, 0.4) is 0 Å². The summed E-state index contributed by atoms with van der Waals surface area (Å²) in [5.41, 5.74) is 0.913. The normalized spacial score (nSPS) is 11.8. The Bertz CT molecular complexity index is 1310. The van der Waals surface area contributed by atoms with Crippen LogP contribution in [-0.4, -0.2) is 27.7 Å². The zero-order valence-corrected chi connectivity index (χ0v) is 20.3. The molecule has 0 aliphatic carbocycles. The van der Waals surface area contributed by atoms with Crippen molar-refractivity contribution in [2.45, 2.75) is 19.3 Å². The van der Waals surface area contributed by atoms with Crippen LogP contribution in [-0.2, 0) is 34.1 Å². The first-order chi connectivity index (χ1) is 16.4. The van der Waals surface area contributed by atoms with Gasteiger partial charge in [0.2, 0.25) is 10.0 Å². The van der Waals surface area contributed by atoms with E-state index >= 15 is 0 Å². The smallest absolute Gasteiger partial charge is 0.380 e. The van der Waals surface area contributed by atoms with Crippen molar-refractivity contribution in [1.82, 2.24) is 0 Å². The van der Waals surface area contributed by atoms with Gasteiger partial charge in [0.15, 0.2) is 0 Å². The summed E-state index contributed by atoms with van der Waals surface area (Å²) in [6, 6.07) is 15.7. The predicted octanol–water partition coefficient (Wildman–Crippen LogP) is 5.72. The molecule has 6 nitrogen and oxygen atoms in total. The average molecular weight is 527 g/mol. The molecular formula is C24H22ClF3N2O4S. The highest BCUT2D eigenvalue weighted by molar-refractivity contribution is 7.92. The molecule has 1 amide bonds. The van der Waals surface area contributed by atoms with Crippen molar-refractivity contribution in [2.75, 3.05) is 23.0 Å². The van der Waals surface area contributed by atoms with Gasteiger partial charge in [-0.25, -0.2) is 8.42 Å². The van der Waals surface area contributed by atoms with E-state index in [4.69, 9.17) is 16.3 Å². The zero-order valence-electron chi connectivity index (χ0n) is 18.8. The third-order valence-electron chi connectivity index (χ3n) is 4.98. The Morgan fingerprint density at radius 3 is 2.31 bits per heavy atom. The van der Waals surface area contributed by atoms with Crippen molar-refractivity contribution in [3.05, 3.63) is 94.0 Å². The first-order valence-electron chi connectivity index (χ1n) is 10.2. The number of ether oxygens (including phenoxy) is 1. The van der Waals surface area contributed by atoms with Crippen LogP contribution in [0.4, 0.5) is 24.5 Å². The minimum Gasteiger partial charge on any atom is -0.380 e. The van der Waals surface area contributed by atoms with Crippen molar-refractivity contribution < 1.29 is 31.1 Å². The number of amides is 1. The van der Waals surface area contributed by atoms with Gasteiger partial charge in [0.25, 0.3) is 5.91 Å². The lowest BCUT2D eigenvalue weighted by Gasteiger charge is -2.24. The number of hydrogen-bond acceptors (Lipinski definition) is 4. The van der Waals surface area contributed by atoms with Crippen molar-refractivity contribution in [3.63, 3.8) is 0 Å². The predicted molar refractivity (Wildman–Crippen MR) is 129 cm³/mol. The van der Waals surface area contributed by atoms with Crippen molar-refractivity contribution in [3.8, 4) is 0 Å². The van der Waals surface area contributed by atoms with Gasteiger partial charge in [0.05, 0.1) is 35.7 Å². The molecule has 3 aromatic rings. The van der Waals surface area contributed by atoms with Crippen LogP contribution >= 0.6 is 11.6 Å². The highest BCUT2D eigenvalue weighted by Gasteiger charge is 2.32. The second-order valence-corrected chi connectivity index (χ2v) is 10.0. The summed E-state index contributed by atoms with van der Waals surface area (Å²) in [6.07, 6.45) is -3.79. The molecule has 35 heavy (non-hydrogen) atoms. The highest BCUT2D eigenvalue weighted by atomic mass is 35.5. The van der Waals surface area contributed by atoms with Gasteiger partial charge in [0, 0.05) is 18.4 Å². The summed E-state index contributed by atoms with van der Waals surface area (Å²) in [6.45, 7) is 0.117. The maximum absolute atomic E-state index is 13.2. The van der Waals surface area contributed by atoms with Gasteiger partial charge in [0.1, 0.15) is 0 Å². The molecule has 0 unspecified atom stereocenters. The molecule has 0 radical (unpaired) electrons. The van der Waals surface area contributed by atoms with E-state index in [1.54, 1.807) is 25.3 Å². The highest BCUT2D eigenvalue weighted by Crippen LogP contribution is 2.36.